The number of hydrogen-bond acceptors (Lipinski definition) is 3. The smallest absolute Gasteiger partial charge is 0.200 e. The van der Waals surface area contributed by atoms with Gasteiger partial charge in [-0.05, 0) is 16.9 Å². The molecule has 3 heteroatoms. The van der Waals surface area contributed by atoms with Gasteiger partial charge in [-0.25, -0.2) is 0 Å². The summed E-state index contributed by atoms with van der Waals surface area (Å²) in [5, 5.41) is -0.0899. The predicted molar refractivity (Wildman–Crippen MR) is 122 cm³/mol. The number of ketones is 1. The number of benzene rings is 3. The van der Waals surface area contributed by atoms with Crippen molar-refractivity contribution in [2.24, 2.45) is 5.92 Å². The van der Waals surface area contributed by atoms with Crippen molar-refractivity contribution in [2.75, 3.05) is 5.75 Å². The third-order valence-electron chi connectivity index (χ3n) is 4.72. The third kappa shape index (κ3) is 5.55. The number of hydrogen-bond donors (Lipinski definition) is 0. The summed E-state index contributed by atoms with van der Waals surface area (Å²) < 4.78 is 0. The summed E-state index contributed by atoms with van der Waals surface area (Å²) in [7, 11) is 0. The first-order valence-corrected chi connectivity index (χ1v) is 10.7. The molecule has 0 heterocycles. The molecule has 2 nitrogen and oxygen atoms in total. The van der Waals surface area contributed by atoms with E-state index in [-0.39, 0.29) is 16.8 Å². The second-order valence-corrected chi connectivity index (χ2v) is 7.93. The molecular formula is C26H24O2S. The van der Waals surface area contributed by atoms with E-state index in [1.807, 2.05) is 97.9 Å². The summed E-state index contributed by atoms with van der Waals surface area (Å²) in [5.74, 6) is -0.607. The van der Waals surface area contributed by atoms with Gasteiger partial charge in [0, 0.05) is 11.5 Å². The van der Waals surface area contributed by atoms with Crippen LogP contribution in [0.15, 0.2) is 97.1 Å². The van der Waals surface area contributed by atoms with Crippen LogP contribution in [0.5, 0.6) is 0 Å². The van der Waals surface area contributed by atoms with E-state index >= 15 is 0 Å². The molecule has 3 rings (SSSR count). The molecule has 0 fully saturated rings. The number of allylic oxidation sites excluding steroid dienone is 1. The van der Waals surface area contributed by atoms with Crippen molar-refractivity contribution in [3.05, 3.63) is 114 Å². The predicted octanol–water partition coefficient (Wildman–Crippen LogP) is 6.26. The standard InChI is InChI=1S/C26H24O2S/c1-2-29-26(28)24(25(27)22-16-10-5-11-17-22)23(21-14-8-4-9-15-21)19-18-20-12-6-3-7-13-20/h3-19,23-24H,2H2,1H3/b19-18+. The van der Waals surface area contributed by atoms with Crippen molar-refractivity contribution in [3.63, 3.8) is 0 Å². The molecule has 0 aliphatic carbocycles. The lowest BCUT2D eigenvalue weighted by atomic mass is 9.81. The van der Waals surface area contributed by atoms with Crippen LogP contribution < -0.4 is 0 Å². The van der Waals surface area contributed by atoms with Gasteiger partial charge >= 0.3 is 0 Å². The molecule has 0 bridgehead atoms. The molecule has 0 aliphatic heterocycles. The highest BCUT2D eigenvalue weighted by Gasteiger charge is 2.34. The largest absolute Gasteiger partial charge is 0.293 e. The number of Topliss-reactive ketones (excluding diaryl/α,β-unsaturated/α-hetero) is 1. The van der Waals surface area contributed by atoms with Gasteiger partial charge < -0.3 is 0 Å². The zero-order valence-electron chi connectivity index (χ0n) is 16.4. The maximum Gasteiger partial charge on any atom is 0.200 e. The Morgan fingerprint density at radius 3 is 1.97 bits per heavy atom. The summed E-state index contributed by atoms with van der Waals surface area (Å²) >= 11 is 1.21. The minimum atomic E-state index is -0.773. The third-order valence-corrected chi connectivity index (χ3v) is 5.55. The molecule has 3 aromatic rings. The van der Waals surface area contributed by atoms with Crippen molar-refractivity contribution in [1.82, 2.24) is 0 Å². The molecule has 0 amide bonds. The fourth-order valence-corrected chi connectivity index (χ4v) is 4.02. The van der Waals surface area contributed by atoms with Gasteiger partial charge in [0.2, 0.25) is 5.12 Å². The second kappa shape index (κ2) is 10.6. The summed E-state index contributed by atoms with van der Waals surface area (Å²) in [4.78, 5) is 26.5. The second-order valence-electron chi connectivity index (χ2n) is 6.67. The summed E-state index contributed by atoms with van der Waals surface area (Å²) in [6, 6.07) is 28.8. The average Bonchev–Trinajstić information content (AvgIpc) is 2.78. The lowest BCUT2D eigenvalue weighted by Crippen LogP contribution is -2.28. The topological polar surface area (TPSA) is 34.1 Å². The van der Waals surface area contributed by atoms with Crippen molar-refractivity contribution < 1.29 is 9.59 Å². The number of thioether (sulfide) groups is 1. The van der Waals surface area contributed by atoms with Crippen LogP contribution in [0.2, 0.25) is 0 Å². The molecule has 29 heavy (non-hydrogen) atoms. The SMILES string of the molecule is CCSC(=O)C(C(=O)c1ccccc1)C(/C=C/c1ccccc1)c1ccccc1. The molecule has 0 aliphatic rings. The zero-order valence-corrected chi connectivity index (χ0v) is 17.2. The van der Waals surface area contributed by atoms with E-state index in [0.29, 0.717) is 11.3 Å². The molecule has 0 spiro atoms. The van der Waals surface area contributed by atoms with E-state index in [2.05, 4.69) is 0 Å². The Hall–Kier alpha value is -2.91. The molecule has 3 aromatic carbocycles. The summed E-state index contributed by atoms with van der Waals surface area (Å²) in [6.07, 6.45) is 3.98. The number of carbonyl (C=O) groups excluding carboxylic acids is 2. The van der Waals surface area contributed by atoms with E-state index in [0.717, 1.165) is 11.1 Å². The van der Waals surface area contributed by atoms with E-state index < -0.39 is 5.92 Å². The van der Waals surface area contributed by atoms with Gasteiger partial charge in [0.25, 0.3) is 0 Å². The molecule has 0 aromatic heterocycles. The highest BCUT2D eigenvalue weighted by molar-refractivity contribution is 8.13. The Balaban J connectivity index is 2.05. The molecule has 2 atom stereocenters. The fourth-order valence-electron chi connectivity index (χ4n) is 3.30. The summed E-state index contributed by atoms with van der Waals surface area (Å²) in [6.45, 7) is 1.93. The van der Waals surface area contributed by atoms with Crippen molar-refractivity contribution >= 4 is 28.7 Å². The Morgan fingerprint density at radius 1 is 0.828 bits per heavy atom. The van der Waals surface area contributed by atoms with E-state index in [1.54, 1.807) is 12.1 Å². The molecule has 146 valence electrons. The highest BCUT2D eigenvalue weighted by Crippen LogP contribution is 2.33. The first-order chi connectivity index (χ1) is 14.2. The normalized spacial score (nSPS) is 13.1. The van der Waals surface area contributed by atoms with Gasteiger partial charge in [0.15, 0.2) is 5.78 Å². The van der Waals surface area contributed by atoms with Gasteiger partial charge in [-0.1, -0.05) is 122 Å². The van der Waals surface area contributed by atoms with Crippen LogP contribution in [-0.2, 0) is 4.79 Å². The molecular weight excluding hydrogens is 376 g/mol. The fraction of sp³-hybridized carbons (Fsp3) is 0.154. The van der Waals surface area contributed by atoms with Crippen molar-refractivity contribution in [2.45, 2.75) is 12.8 Å². The quantitative estimate of drug-likeness (QED) is 0.330. The van der Waals surface area contributed by atoms with Crippen molar-refractivity contribution in [1.29, 1.82) is 0 Å². The Labute approximate surface area is 176 Å². The van der Waals surface area contributed by atoms with Gasteiger partial charge in [0.05, 0.1) is 0 Å². The minimum Gasteiger partial charge on any atom is -0.293 e. The first-order valence-electron chi connectivity index (χ1n) is 9.74. The van der Waals surface area contributed by atoms with Crippen LogP contribution in [0.1, 0.15) is 34.3 Å². The Morgan fingerprint density at radius 2 is 1.38 bits per heavy atom. The molecule has 0 saturated carbocycles. The maximum atomic E-state index is 13.4. The van der Waals surface area contributed by atoms with Crippen LogP contribution in [0.4, 0.5) is 0 Å². The lowest BCUT2D eigenvalue weighted by molar-refractivity contribution is -0.113. The Kier molecular flexibility index (Phi) is 7.60. The van der Waals surface area contributed by atoms with Gasteiger partial charge in [0.1, 0.15) is 5.92 Å². The number of carbonyl (C=O) groups is 2. The number of rotatable bonds is 8. The van der Waals surface area contributed by atoms with Crippen LogP contribution in [0.25, 0.3) is 6.08 Å². The Bertz CT molecular complexity index is 950. The average molecular weight is 401 g/mol. The lowest BCUT2D eigenvalue weighted by Gasteiger charge is -2.23. The van der Waals surface area contributed by atoms with Crippen LogP contribution in [-0.4, -0.2) is 16.7 Å². The van der Waals surface area contributed by atoms with Gasteiger partial charge in [-0.3, -0.25) is 9.59 Å². The van der Waals surface area contributed by atoms with Crippen molar-refractivity contribution in [3.8, 4) is 0 Å². The van der Waals surface area contributed by atoms with Crippen LogP contribution in [0.3, 0.4) is 0 Å². The molecule has 0 radical (unpaired) electrons. The molecule has 0 N–H and O–H groups in total. The van der Waals surface area contributed by atoms with Gasteiger partial charge in [-0.15, -0.1) is 0 Å². The summed E-state index contributed by atoms with van der Waals surface area (Å²) in [5.41, 5.74) is 2.56. The zero-order chi connectivity index (χ0) is 20.5. The monoisotopic (exact) mass is 400 g/mol. The van der Waals surface area contributed by atoms with Crippen LogP contribution in [0, 0.1) is 5.92 Å². The molecule has 0 saturated heterocycles. The molecule has 2 unspecified atom stereocenters. The van der Waals surface area contributed by atoms with E-state index in [4.69, 9.17) is 0 Å². The van der Waals surface area contributed by atoms with Crippen LogP contribution >= 0.6 is 11.8 Å². The first kappa shape index (κ1) is 20.8. The van der Waals surface area contributed by atoms with E-state index in [9.17, 15) is 9.59 Å². The maximum absolute atomic E-state index is 13.4. The highest BCUT2D eigenvalue weighted by atomic mass is 32.2. The van der Waals surface area contributed by atoms with Gasteiger partial charge in [-0.2, -0.15) is 0 Å². The van der Waals surface area contributed by atoms with E-state index in [1.165, 1.54) is 11.8 Å². The minimum absolute atomic E-state index is 0.0899.